The van der Waals surface area contributed by atoms with Gasteiger partial charge in [-0.25, -0.2) is 0 Å². The lowest BCUT2D eigenvalue weighted by atomic mass is 9.97. The van der Waals surface area contributed by atoms with Gasteiger partial charge in [-0.3, -0.25) is 4.79 Å². The predicted molar refractivity (Wildman–Crippen MR) is 85.9 cm³/mol. The molecule has 0 saturated carbocycles. The van der Waals surface area contributed by atoms with Crippen LogP contribution >= 0.6 is 11.6 Å². The second kappa shape index (κ2) is 4.34. The first-order valence-corrected chi connectivity index (χ1v) is 7.10. The third kappa shape index (κ3) is 1.83. The van der Waals surface area contributed by atoms with Gasteiger partial charge in [0.15, 0.2) is 5.78 Å². The van der Waals surface area contributed by atoms with Crippen LogP contribution in [0.25, 0.3) is 33.7 Å². The SMILES string of the molecule is O=C1C=c2cc3ccc4ccc(Cl)c(O)c4c3cc2=CC1. The van der Waals surface area contributed by atoms with Crippen molar-refractivity contribution in [2.24, 2.45) is 0 Å². The standard InChI is InChI=1S/C18H11ClO2/c19-16-6-4-10-1-2-12-7-13-8-14(20)5-3-11(13)9-15(12)17(10)18(16)21/h1-4,6-9,21H,5H2. The fourth-order valence-electron chi connectivity index (χ4n) is 2.93. The Balaban J connectivity index is 2.25. The first kappa shape index (κ1) is 12.4. The molecule has 0 heterocycles. The molecule has 0 aliphatic heterocycles. The van der Waals surface area contributed by atoms with Gasteiger partial charge in [0.1, 0.15) is 5.75 Å². The Hall–Kier alpha value is -2.32. The van der Waals surface area contributed by atoms with E-state index in [2.05, 4.69) is 0 Å². The number of halogens is 1. The lowest BCUT2D eigenvalue weighted by molar-refractivity contribution is -0.112. The summed E-state index contributed by atoms with van der Waals surface area (Å²) in [6.45, 7) is 0. The number of aromatic hydroxyl groups is 1. The summed E-state index contributed by atoms with van der Waals surface area (Å²) in [7, 11) is 0. The summed E-state index contributed by atoms with van der Waals surface area (Å²) in [5.74, 6) is 0.226. The maximum absolute atomic E-state index is 11.5. The number of hydrogen-bond donors (Lipinski definition) is 1. The summed E-state index contributed by atoms with van der Waals surface area (Å²) in [5.41, 5.74) is 0. The van der Waals surface area contributed by atoms with Crippen LogP contribution in [0.5, 0.6) is 5.75 Å². The normalized spacial score (nSPS) is 13.9. The first-order valence-electron chi connectivity index (χ1n) is 6.72. The van der Waals surface area contributed by atoms with Gasteiger partial charge in [-0.15, -0.1) is 0 Å². The molecule has 0 unspecified atom stereocenters. The molecule has 0 saturated heterocycles. The van der Waals surface area contributed by atoms with Gasteiger partial charge in [0.05, 0.1) is 5.02 Å². The maximum Gasteiger partial charge on any atom is 0.160 e. The van der Waals surface area contributed by atoms with Crippen molar-refractivity contribution < 1.29 is 9.90 Å². The second-order valence-electron chi connectivity index (χ2n) is 5.28. The molecule has 3 aromatic carbocycles. The molecule has 4 rings (SSSR count). The summed E-state index contributed by atoms with van der Waals surface area (Å²) in [6, 6.07) is 11.5. The van der Waals surface area contributed by atoms with E-state index in [9.17, 15) is 9.90 Å². The van der Waals surface area contributed by atoms with Gasteiger partial charge in [-0.1, -0.05) is 35.9 Å². The van der Waals surface area contributed by atoms with Crippen LogP contribution in [0.15, 0.2) is 36.4 Å². The van der Waals surface area contributed by atoms with Gasteiger partial charge < -0.3 is 5.11 Å². The molecular weight excluding hydrogens is 284 g/mol. The van der Waals surface area contributed by atoms with E-state index in [0.29, 0.717) is 11.4 Å². The number of phenols is 1. The highest BCUT2D eigenvalue weighted by Crippen LogP contribution is 2.36. The molecule has 21 heavy (non-hydrogen) atoms. The molecule has 1 aliphatic rings. The van der Waals surface area contributed by atoms with E-state index in [1.165, 1.54) is 0 Å². The van der Waals surface area contributed by atoms with Gasteiger partial charge >= 0.3 is 0 Å². The highest BCUT2D eigenvalue weighted by Gasteiger charge is 2.10. The summed E-state index contributed by atoms with van der Waals surface area (Å²) in [4.78, 5) is 11.5. The second-order valence-corrected chi connectivity index (χ2v) is 5.69. The fraction of sp³-hybridized carbons (Fsp3) is 0.0556. The number of benzene rings is 3. The van der Waals surface area contributed by atoms with Crippen LogP contribution in [0.4, 0.5) is 0 Å². The molecule has 0 bridgehead atoms. The molecule has 0 radical (unpaired) electrons. The summed E-state index contributed by atoms with van der Waals surface area (Å²) < 4.78 is 0. The number of carbonyl (C=O) groups is 1. The van der Waals surface area contributed by atoms with Crippen molar-refractivity contribution in [2.75, 3.05) is 0 Å². The lowest BCUT2D eigenvalue weighted by Gasteiger charge is -2.09. The topological polar surface area (TPSA) is 37.3 Å². The molecule has 102 valence electrons. The molecule has 3 aromatic rings. The molecule has 0 atom stereocenters. The third-order valence-electron chi connectivity index (χ3n) is 3.97. The molecule has 1 N–H and O–H groups in total. The van der Waals surface area contributed by atoms with Crippen LogP contribution in [-0.2, 0) is 4.79 Å². The van der Waals surface area contributed by atoms with Gasteiger partial charge in [0.2, 0.25) is 0 Å². The lowest BCUT2D eigenvalue weighted by Crippen LogP contribution is -2.28. The average Bonchev–Trinajstić information content (AvgIpc) is 2.48. The van der Waals surface area contributed by atoms with Crippen molar-refractivity contribution in [1.82, 2.24) is 0 Å². The minimum absolute atomic E-state index is 0.107. The average molecular weight is 295 g/mol. The Morgan fingerprint density at radius 2 is 1.76 bits per heavy atom. The zero-order chi connectivity index (χ0) is 14.6. The molecule has 0 spiro atoms. The summed E-state index contributed by atoms with van der Waals surface area (Å²) in [5, 5.41) is 16.2. The number of carbonyl (C=O) groups excluding carboxylic acids is 1. The summed E-state index contributed by atoms with van der Waals surface area (Å²) in [6.07, 6.45) is 4.03. The van der Waals surface area contributed by atoms with Crippen LogP contribution in [0, 0.1) is 0 Å². The maximum atomic E-state index is 11.5. The molecule has 0 fully saturated rings. The van der Waals surface area contributed by atoms with E-state index in [0.717, 1.165) is 32.0 Å². The molecule has 0 aromatic heterocycles. The monoisotopic (exact) mass is 294 g/mol. The number of ketones is 1. The smallest absolute Gasteiger partial charge is 0.160 e. The van der Waals surface area contributed by atoms with E-state index in [-0.39, 0.29) is 11.5 Å². The number of fused-ring (bicyclic) bond motifs is 4. The Bertz CT molecular complexity index is 1050. The molecular formula is C18H11ClO2. The molecule has 3 heteroatoms. The fourth-order valence-corrected chi connectivity index (χ4v) is 3.09. The molecule has 2 nitrogen and oxygen atoms in total. The Morgan fingerprint density at radius 3 is 2.62 bits per heavy atom. The zero-order valence-electron chi connectivity index (χ0n) is 11.1. The number of rotatable bonds is 0. The molecule has 1 aliphatic carbocycles. The van der Waals surface area contributed by atoms with Crippen molar-refractivity contribution in [1.29, 1.82) is 0 Å². The largest absolute Gasteiger partial charge is 0.506 e. The van der Waals surface area contributed by atoms with E-state index in [4.69, 9.17) is 11.6 Å². The first-order chi connectivity index (χ1) is 10.1. The number of phenolic OH excluding ortho intramolecular Hbond substituents is 1. The number of Topliss-reactive ketones (excluding diaryl/α,β-unsaturated/α-hetero) is 1. The van der Waals surface area contributed by atoms with E-state index in [1.54, 1.807) is 12.1 Å². The Kier molecular flexibility index (Phi) is 2.57. The third-order valence-corrected chi connectivity index (χ3v) is 4.27. The van der Waals surface area contributed by atoms with E-state index >= 15 is 0 Å². The van der Waals surface area contributed by atoms with E-state index < -0.39 is 0 Å². The number of hydrogen-bond acceptors (Lipinski definition) is 2. The van der Waals surface area contributed by atoms with Gasteiger partial charge in [-0.2, -0.15) is 0 Å². The van der Waals surface area contributed by atoms with Gasteiger partial charge in [0.25, 0.3) is 0 Å². The quantitative estimate of drug-likeness (QED) is 0.647. The minimum Gasteiger partial charge on any atom is -0.506 e. The van der Waals surface area contributed by atoms with Gasteiger partial charge in [-0.05, 0) is 50.9 Å². The predicted octanol–water partition coefficient (Wildman–Crippen LogP) is 2.89. The highest BCUT2D eigenvalue weighted by molar-refractivity contribution is 6.34. The Morgan fingerprint density at radius 1 is 1.00 bits per heavy atom. The van der Waals surface area contributed by atoms with Crippen LogP contribution < -0.4 is 10.4 Å². The summed E-state index contributed by atoms with van der Waals surface area (Å²) >= 11 is 6.04. The van der Waals surface area contributed by atoms with Gasteiger partial charge in [0, 0.05) is 11.8 Å². The van der Waals surface area contributed by atoms with Crippen LogP contribution in [0.2, 0.25) is 5.02 Å². The van der Waals surface area contributed by atoms with E-state index in [1.807, 2.05) is 36.4 Å². The van der Waals surface area contributed by atoms with Crippen LogP contribution in [-0.4, -0.2) is 10.9 Å². The Labute approximate surface area is 125 Å². The molecule has 0 amide bonds. The zero-order valence-corrected chi connectivity index (χ0v) is 11.8. The van der Waals surface area contributed by atoms with Crippen molar-refractivity contribution in [3.63, 3.8) is 0 Å². The van der Waals surface area contributed by atoms with Crippen LogP contribution in [0.3, 0.4) is 0 Å². The van der Waals surface area contributed by atoms with Crippen molar-refractivity contribution >= 4 is 51.1 Å². The van der Waals surface area contributed by atoms with Crippen molar-refractivity contribution in [3.05, 3.63) is 51.9 Å². The van der Waals surface area contributed by atoms with Crippen molar-refractivity contribution in [2.45, 2.75) is 6.42 Å². The van der Waals surface area contributed by atoms with Crippen LogP contribution in [0.1, 0.15) is 6.42 Å². The van der Waals surface area contributed by atoms with Crippen molar-refractivity contribution in [3.8, 4) is 5.75 Å². The minimum atomic E-state index is 0.107. The highest BCUT2D eigenvalue weighted by atomic mass is 35.5.